The third kappa shape index (κ3) is 2.92. The second-order valence-corrected chi connectivity index (χ2v) is 4.63. The van der Waals surface area contributed by atoms with Gasteiger partial charge >= 0.3 is 5.97 Å². The smallest absolute Gasteiger partial charge is 0.324 e. The van der Waals surface area contributed by atoms with Crippen LogP contribution in [-0.2, 0) is 4.79 Å². The molecule has 0 spiro atoms. The zero-order chi connectivity index (χ0) is 11.5. The number of hydrogen-bond acceptors (Lipinski definition) is 3. The number of hydrogen-bond donors (Lipinski definition) is 2. The van der Waals surface area contributed by atoms with E-state index in [-0.39, 0.29) is 0 Å². The van der Waals surface area contributed by atoms with E-state index in [4.69, 9.17) is 0 Å². The van der Waals surface area contributed by atoms with E-state index in [1.807, 2.05) is 21.0 Å². The van der Waals surface area contributed by atoms with Crippen LogP contribution in [0.5, 0.6) is 0 Å². The summed E-state index contributed by atoms with van der Waals surface area (Å²) in [6.45, 7) is 3.57. The van der Waals surface area contributed by atoms with Crippen molar-refractivity contribution in [2.45, 2.75) is 31.7 Å². The first-order valence-electron chi connectivity index (χ1n) is 5.66. The van der Waals surface area contributed by atoms with Gasteiger partial charge in [0, 0.05) is 13.1 Å². The lowest BCUT2D eigenvalue weighted by atomic mass is 9.90. The molecule has 2 N–H and O–H groups in total. The molecule has 1 rings (SSSR count). The molecule has 15 heavy (non-hydrogen) atoms. The summed E-state index contributed by atoms with van der Waals surface area (Å²) in [6, 6.07) is 0. The maximum absolute atomic E-state index is 11.3. The summed E-state index contributed by atoms with van der Waals surface area (Å²) >= 11 is 0. The molecule has 0 aromatic carbocycles. The zero-order valence-electron chi connectivity index (χ0n) is 9.92. The molecule has 1 atom stereocenters. The average molecular weight is 214 g/mol. The molecule has 1 saturated carbocycles. The molecule has 88 valence electrons. The highest BCUT2D eigenvalue weighted by molar-refractivity contribution is 5.79. The van der Waals surface area contributed by atoms with Gasteiger partial charge < -0.3 is 15.3 Å². The molecule has 1 unspecified atom stereocenters. The number of nitrogens with zero attached hydrogens (tertiary/aromatic N) is 1. The molecule has 0 aromatic rings. The molecule has 0 aliphatic heterocycles. The number of aliphatic carboxylic acids is 1. The molecule has 4 nitrogen and oxygen atoms in total. The molecule has 1 aliphatic rings. The summed E-state index contributed by atoms with van der Waals surface area (Å²) in [5, 5.41) is 12.6. The number of nitrogens with one attached hydrogen (secondary N) is 1. The Morgan fingerprint density at radius 3 is 2.47 bits per heavy atom. The first kappa shape index (κ1) is 12.5. The fourth-order valence-corrected chi connectivity index (χ4v) is 2.04. The van der Waals surface area contributed by atoms with E-state index in [0.29, 0.717) is 12.3 Å². The van der Waals surface area contributed by atoms with Gasteiger partial charge in [-0.25, -0.2) is 0 Å². The summed E-state index contributed by atoms with van der Waals surface area (Å²) in [5.74, 6) is -0.353. The summed E-state index contributed by atoms with van der Waals surface area (Å²) in [6.07, 6.45) is 2.77. The van der Waals surface area contributed by atoms with E-state index < -0.39 is 11.5 Å². The molecule has 0 bridgehead atoms. The van der Waals surface area contributed by atoms with E-state index in [9.17, 15) is 9.90 Å². The second-order valence-electron chi connectivity index (χ2n) is 4.63. The minimum Gasteiger partial charge on any atom is -0.480 e. The van der Waals surface area contributed by atoms with Crippen molar-refractivity contribution in [2.75, 3.05) is 27.2 Å². The van der Waals surface area contributed by atoms with E-state index in [0.717, 1.165) is 25.9 Å². The van der Waals surface area contributed by atoms with Crippen molar-refractivity contribution in [1.29, 1.82) is 0 Å². The molecular formula is C11H22N2O2. The third-order valence-corrected chi connectivity index (χ3v) is 3.21. The largest absolute Gasteiger partial charge is 0.480 e. The monoisotopic (exact) mass is 214 g/mol. The van der Waals surface area contributed by atoms with Crippen molar-refractivity contribution in [1.82, 2.24) is 10.2 Å². The Hall–Kier alpha value is -0.610. The SMILES string of the molecule is CCC(NCCN(C)C)(C(=O)O)C1CC1. The molecule has 1 fully saturated rings. The van der Waals surface area contributed by atoms with Crippen LogP contribution < -0.4 is 5.32 Å². The first-order valence-corrected chi connectivity index (χ1v) is 5.66. The standard InChI is InChI=1S/C11H22N2O2/c1-4-11(10(14)15,9-5-6-9)12-7-8-13(2)3/h9,12H,4-8H2,1-3H3,(H,14,15). The van der Waals surface area contributed by atoms with Crippen molar-refractivity contribution < 1.29 is 9.90 Å². The van der Waals surface area contributed by atoms with Crippen molar-refractivity contribution in [3.8, 4) is 0 Å². The summed E-state index contributed by atoms with van der Waals surface area (Å²) in [5.41, 5.74) is -0.671. The Kier molecular flexibility index (Phi) is 4.11. The minimum atomic E-state index is -0.689. The number of likely N-dealkylation sites (N-methyl/N-ethyl adjacent to an activating group) is 1. The fourth-order valence-electron chi connectivity index (χ4n) is 2.04. The number of carboxylic acids is 1. The molecule has 1 aliphatic carbocycles. The average Bonchev–Trinajstić information content (AvgIpc) is 2.95. The van der Waals surface area contributed by atoms with E-state index in [1.165, 1.54) is 0 Å². The van der Waals surface area contributed by atoms with Crippen LogP contribution in [0.4, 0.5) is 0 Å². The fraction of sp³-hybridized carbons (Fsp3) is 0.909. The number of carbonyl (C=O) groups is 1. The van der Waals surface area contributed by atoms with Crippen molar-refractivity contribution in [3.05, 3.63) is 0 Å². The van der Waals surface area contributed by atoms with Crippen LogP contribution in [0.25, 0.3) is 0 Å². The van der Waals surface area contributed by atoms with Crippen LogP contribution >= 0.6 is 0 Å². The van der Waals surface area contributed by atoms with Gasteiger partial charge in [0.05, 0.1) is 0 Å². The highest BCUT2D eigenvalue weighted by Crippen LogP contribution is 2.41. The van der Waals surface area contributed by atoms with E-state index in [2.05, 4.69) is 10.2 Å². The predicted octanol–water partition coefficient (Wildman–Crippen LogP) is 0.781. The van der Waals surface area contributed by atoms with Crippen molar-refractivity contribution in [3.63, 3.8) is 0 Å². The van der Waals surface area contributed by atoms with Gasteiger partial charge in [-0.3, -0.25) is 4.79 Å². The zero-order valence-corrected chi connectivity index (χ0v) is 9.92. The predicted molar refractivity (Wildman–Crippen MR) is 59.9 cm³/mol. The minimum absolute atomic E-state index is 0.335. The quantitative estimate of drug-likeness (QED) is 0.657. The lowest BCUT2D eigenvalue weighted by Crippen LogP contribution is -2.55. The molecule has 4 heteroatoms. The Morgan fingerprint density at radius 2 is 2.13 bits per heavy atom. The highest BCUT2D eigenvalue weighted by atomic mass is 16.4. The van der Waals surface area contributed by atoms with Gasteiger partial charge in [0.15, 0.2) is 0 Å². The van der Waals surface area contributed by atoms with Gasteiger partial charge in [0.25, 0.3) is 0 Å². The summed E-state index contributed by atoms with van der Waals surface area (Å²) in [4.78, 5) is 13.4. The molecule has 0 heterocycles. The maximum Gasteiger partial charge on any atom is 0.324 e. The van der Waals surface area contributed by atoms with Crippen LogP contribution in [0.3, 0.4) is 0 Å². The lowest BCUT2D eigenvalue weighted by Gasteiger charge is -2.30. The molecule has 0 radical (unpaired) electrons. The lowest BCUT2D eigenvalue weighted by molar-refractivity contribution is -0.146. The number of rotatable bonds is 7. The molecule has 0 saturated heterocycles. The normalized spacial score (nSPS) is 20.3. The first-order chi connectivity index (χ1) is 7.03. The van der Waals surface area contributed by atoms with Gasteiger partial charge in [0.1, 0.15) is 5.54 Å². The van der Waals surface area contributed by atoms with Gasteiger partial charge in [-0.2, -0.15) is 0 Å². The second kappa shape index (κ2) is 4.94. The summed E-state index contributed by atoms with van der Waals surface area (Å²) in [7, 11) is 3.99. The Morgan fingerprint density at radius 1 is 1.53 bits per heavy atom. The van der Waals surface area contributed by atoms with Gasteiger partial charge in [-0.15, -0.1) is 0 Å². The highest BCUT2D eigenvalue weighted by Gasteiger charge is 2.49. The van der Waals surface area contributed by atoms with Gasteiger partial charge in [-0.1, -0.05) is 6.92 Å². The number of carboxylic acid groups (broad SMARTS) is 1. The van der Waals surface area contributed by atoms with E-state index >= 15 is 0 Å². The summed E-state index contributed by atoms with van der Waals surface area (Å²) < 4.78 is 0. The van der Waals surface area contributed by atoms with Gasteiger partial charge in [0.2, 0.25) is 0 Å². The Labute approximate surface area is 91.6 Å². The van der Waals surface area contributed by atoms with Crippen LogP contribution in [-0.4, -0.2) is 48.7 Å². The van der Waals surface area contributed by atoms with Crippen LogP contribution in [0.2, 0.25) is 0 Å². The van der Waals surface area contributed by atoms with Gasteiger partial charge in [-0.05, 0) is 39.3 Å². The third-order valence-electron chi connectivity index (χ3n) is 3.21. The van der Waals surface area contributed by atoms with Crippen molar-refractivity contribution >= 4 is 5.97 Å². The Balaban J connectivity index is 2.52. The van der Waals surface area contributed by atoms with E-state index in [1.54, 1.807) is 0 Å². The molecule has 0 amide bonds. The molecular weight excluding hydrogens is 192 g/mol. The Bertz CT molecular complexity index is 227. The van der Waals surface area contributed by atoms with Crippen LogP contribution in [0, 0.1) is 5.92 Å². The topological polar surface area (TPSA) is 52.6 Å². The van der Waals surface area contributed by atoms with Crippen molar-refractivity contribution in [2.24, 2.45) is 5.92 Å². The molecule has 0 aromatic heterocycles. The van der Waals surface area contributed by atoms with Crippen LogP contribution in [0.15, 0.2) is 0 Å². The maximum atomic E-state index is 11.3. The van der Waals surface area contributed by atoms with Crippen LogP contribution in [0.1, 0.15) is 26.2 Å².